The molecular formula is C19H20BrNO4S. The number of benzene rings is 2. The van der Waals surface area contributed by atoms with Crippen LogP contribution in [0.15, 0.2) is 53.0 Å². The largest absolute Gasteiger partial charge is 0.483 e. The number of carbonyl (C=O) groups excluding carboxylic acids is 1. The number of para-hydroxylation sites is 1. The van der Waals surface area contributed by atoms with Crippen LogP contribution in [-0.2, 0) is 14.6 Å². The number of amides is 1. The molecule has 0 aliphatic carbocycles. The quantitative estimate of drug-likeness (QED) is 0.719. The summed E-state index contributed by atoms with van der Waals surface area (Å²) in [5, 5.41) is 0. The molecule has 7 heteroatoms. The van der Waals surface area contributed by atoms with E-state index in [9.17, 15) is 13.2 Å². The van der Waals surface area contributed by atoms with E-state index in [2.05, 4.69) is 15.9 Å². The number of anilines is 1. The Kier molecular flexibility index (Phi) is 5.67. The standard InChI is InChI=1S/C19H20BrNO4S/c1-14-7-8-18(17(20)11-14)25-12-19(22)21(15-5-3-2-4-6-15)16-9-10-26(23,24)13-16/h2-8,11,16H,9-10,12-13H2,1H3. The van der Waals surface area contributed by atoms with Crippen LogP contribution in [0.4, 0.5) is 5.69 Å². The van der Waals surface area contributed by atoms with Gasteiger partial charge in [0.05, 0.1) is 22.0 Å². The number of rotatable bonds is 5. The maximum Gasteiger partial charge on any atom is 0.265 e. The Balaban J connectivity index is 1.79. The molecule has 2 aromatic carbocycles. The van der Waals surface area contributed by atoms with Crippen LogP contribution in [0.25, 0.3) is 0 Å². The average molecular weight is 438 g/mol. The van der Waals surface area contributed by atoms with Gasteiger partial charge in [-0.25, -0.2) is 8.42 Å². The molecule has 3 rings (SSSR count). The van der Waals surface area contributed by atoms with Crippen LogP contribution >= 0.6 is 15.9 Å². The molecule has 26 heavy (non-hydrogen) atoms. The summed E-state index contributed by atoms with van der Waals surface area (Å²) in [6, 6.07) is 14.4. The van der Waals surface area contributed by atoms with Gasteiger partial charge in [-0.05, 0) is 59.1 Å². The van der Waals surface area contributed by atoms with Gasteiger partial charge in [-0.15, -0.1) is 0 Å². The number of hydrogen-bond acceptors (Lipinski definition) is 4. The van der Waals surface area contributed by atoms with Crippen LogP contribution in [0, 0.1) is 6.92 Å². The highest BCUT2D eigenvalue weighted by atomic mass is 79.9. The molecule has 2 aromatic rings. The van der Waals surface area contributed by atoms with Crippen molar-refractivity contribution in [2.45, 2.75) is 19.4 Å². The molecular weight excluding hydrogens is 418 g/mol. The first kappa shape index (κ1) is 18.9. The Hall–Kier alpha value is -1.86. The van der Waals surface area contributed by atoms with Gasteiger partial charge in [0.15, 0.2) is 16.4 Å². The van der Waals surface area contributed by atoms with Gasteiger partial charge in [0, 0.05) is 5.69 Å². The summed E-state index contributed by atoms with van der Waals surface area (Å²) in [6.07, 6.45) is 0.442. The Labute approximate surface area is 162 Å². The minimum atomic E-state index is -3.10. The zero-order valence-corrected chi connectivity index (χ0v) is 16.8. The van der Waals surface area contributed by atoms with Crippen LogP contribution in [0.2, 0.25) is 0 Å². The van der Waals surface area contributed by atoms with Gasteiger partial charge in [0.2, 0.25) is 0 Å². The van der Waals surface area contributed by atoms with Gasteiger partial charge in [0.25, 0.3) is 5.91 Å². The van der Waals surface area contributed by atoms with E-state index in [0.717, 1.165) is 10.0 Å². The second kappa shape index (κ2) is 7.80. The van der Waals surface area contributed by atoms with E-state index in [1.54, 1.807) is 11.0 Å². The number of aryl methyl sites for hydroxylation is 1. The summed E-state index contributed by atoms with van der Waals surface area (Å²) in [5.74, 6) is 0.419. The minimum absolute atomic E-state index is 0.0120. The fourth-order valence-electron chi connectivity index (χ4n) is 3.06. The third-order valence-corrected chi connectivity index (χ3v) is 6.69. The van der Waals surface area contributed by atoms with Crippen molar-refractivity contribution >= 4 is 37.4 Å². The predicted molar refractivity (Wildman–Crippen MR) is 105 cm³/mol. The van der Waals surface area contributed by atoms with Crippen molar-refractivity contribution < 1.29 is 17.9 Å². The Morgan fingerprint density at radius 2 is 1.96 bits per heavy atom. The molecule has 1 aliphatic heterocycles. The summed E-state index contributed by atoms with van der Waals surface area (Å²) < 4.78 is 30.2. The van der Waals surface area contributed by atoms with Gasteiger partial charge < -0.3 is 9.64 Å². The van der Waals surface area contributed by atoms with E-state index in [1.807, 2.05) is 49.4 Å². The first-order valence-electron chi connectivity index (χ1n) is 8.32. The maximum atomic E-state index is 12.9. The zero-order valence-electron chi connectivity index (χ0n) is 14.4. The lowest BCUT2D eigenvalue weighted by atomic mass is 10.2. The minimum Gasteiger partial charge on any atom is -0.483 e. The van der Waals surface area contributed by atoms with E-state index in [-0.39, 0.29) is 30.1 Å². The number of sulfone groups is 1. The van der Waals surface area contributed by atoms with Gasteiger partial charge in [-0.1, -0.05) is 24.3 Å². The number of ether oxygens (including phenoxy) is 1. The third-order valence-electron chi connectivity index (χ3n) is 4.32. The molecule has 0 aromatic heterocycles. The smallest absolute Gasteiger partial charge is 0.265 e. The molecule has 0 spiro atoms. The van der Waals surface area contributed by atoms with E-state index in [0.29, 0.717) is 17.9 Å². The van der Waals surface area contributed by atoms with Gasteiger partial charge >= 0.3 is 0 Å². The monoisotopic (exact) mass is 437 g/mol. The molecule has 0 bridgehead atoms. The molecule has 138 valence electrons. The molecule has 1 heterocycles. The SMILES string of the molecule is Cc1ccc(OCC(=O)N(c2ccccc2)C2CCS(=O)(=O)C2)c(Br)c1. The lowest BCUT2D eigenvalue weighted by molar-refractivity contribution is -0.121. The van der Waals surface area contributed by atoms with E-state index in [4.69, 9.17) is 4.74 Å². The Morgan fingerprint density at radius 1 is 1.23 bits per heavy atom. The fourth-order valence-corrected chi connectivity index (χ4v) is 5.37. The third kappa shape index (κ3) is 4.45. The molecule has 1 aliphatic rings. The molecule has 1 fully saturated rings. The second-order valence-corrected chi connectivity index (χ2v) is 9.46. The van der Waals surface area contributed by atoms with Crippen molar-refractivity contribution in [3.63, 3.8) is 0 Å². The predicted octanol–water partition coefficient (Wildman–Crippen LogP) is 3.36. The number of hydrogen-bond donors (Lipinski definition) is 0. The Morgan fingerprint density at radius 3 is 2.58 bits per heavy atom. The van der Waals surface area contributed by atoms with Gasteiger partial charge in [-0.3, -0.25) is 4.79 Å². The van der Waals surface area contributed by atoms with Crippen LogP contribution in [-0.4, -0.2) is 38.5 Å². The maximum absolute atomic E-state index is 12.9. The summed E-state index contributed by atoms with van der Waals surface area (Å²) in [6.45, 7) is 1.81. The van der Waals surface area contributed by atoms with Crippen LogP contribution < -0.4 is 9.64 Å². The molecule has 1 amide bonds. The first-order chi connectivity index (χ1) is 12.4. The second-order valence-electron chi connectivity index (χ2n) is 6.38. The van der Waals surface area contributed by atoms with Crippen LogP contribution in [0.3, 0.4) is 0 Å². The first-order valence-corrected chi connectivity index (χ1v) is 10.9. The average Bonchev–Trinajstić information content (AvgIpc) is 2.95. The molecule has 1 unspecified atom stereocenters. The Bertz CT molecular complexity index is 899. The number of halogens is 1. The van der Waals surface area contributed by atoms with E-state index < -0.39 is 9.84 Å². The summed E-state index contributed by atoms with van der Waals surface area (Å²) in [4.78, 5) is 14.4. The zero-order chi connectivity index (χ0) is 18.7. The lowest BCUT2D eigenvalue weighted by Gasteiger charge is -2.28. The summed E-state index contributed by atoms with van der Waals surface area (Å²) in [7, 11) is -3.10. The van der Waals surface area contributed by atoms with Gasteiger partial charge in [-0.2, -0.15) is 0 Å². The van der Waals surface area contributed by atoms with Crippen molar-refractivity contribution in [2.24, 2.45) is 0 Å². The summed E-state index contributed by atoms with van der Waals surface area (Å²) >= 11 is 3.43. The highest BCUT2D eigenvalue weighted by Crippen LogP contribution is 2.27. The number of nitrogens with zero attached hydrogens (tertiary/aromatic N) is 1. The highest BCUT2D eigenvalue weighted by Gasteiger charge is 2.35. The van der Waals surface area contributed by atoms with Crippen molar-refractivity contribution in [3.8, 4) is 5.75 Å². The van der Waals surface area contributed by atoms with Crippen molar-refractivity contribution in [1.29, 1.82) is 0 Å². The lowest BCUT2D eigenvalue weighted by Crippen LogP contribution is -2.43. The molecule has 1 saturated heterocycles. The normalized spacial score (nSPS) is 18.5. The summed E-state index contributed by atoms with van der Waals surface area (Å²) in [5.41, 5.74) is 1.77. The van der Waals surface area contributed by atoms with Crippen molar-refractivity contribution in [2.75, 3.05) is 23.0 Å². The topological polar surface area (TPSA) is 63.7 Å². The molecule has 5 nitrogen and oxygen atoms in total. The van der Waals surface area contributed by atoms with Crippen LogP contribution in [0.5, 0.6) is 5.75 Å². The van der Waals surface area contributed by atoms with Crippen LogP contribution in [0.1, 0.15) is 12.0 Å². The molecule has 0 N–H and O–H groups in total. The molecule has 1 atom stereocenters. The van der Waals surface area contributed by atoms with E-state index >= 15 is 0 Å². The molecule has 0 radical (unpaired) electrons. The number of carbonyl (C=O) groups is 1. The van der Waals surface area contributed by atoms with Crippen molar-refractivity contribution in [1.82, 2.24) is 0 Å². The molecule has 0 saturated carbocycles. The highest BCUT2D eigenvalue weighted by molar-refractivity contribution is 9.10. The van der Waals surface area contributed by atoms with Gasteiger partial charge in [0.1, 0.15) is 5.75 Å². The van der Waals surface area contributed by atoms with Crippen molar-refractivity contribution in [3.05, 3.63) is 58.6 Å². The van der Waals surface area contributed by atoms with E-state index in [1.165, 1.54) is 0 Å². The fraction of sp³-hybridized carbons (Fsp3) is 0.316.